The van der Waals surface area contributed by atoms with E-state index in [1.165, 1.54) is 0 Å². The highest BCUT2D eigenvalue weighted by Crippen LogP contribution is 1.94. The van der Waals surface area contributed by atoms with E-state index in [2.05, 4.69) is 45.4 Å². The zero-order valence-electron chi connectivity index (χ0n) is 7.18. The first kappa shape index (κ1) is 8.67. The third kappa shape index (κ3) is 2.64. The minimum absolute atomic E-state index is 0.634. The van der Waals surface area contributed by atoms with Crippen LogP contribution in [0.1, 0.15) is 34.6 Å². The lowest BCUT2D eigenvalue weighted by atomic mass is 10.3. The summed E-state index contributed by atoms with van der Waals surface area (Å²) >= 11 is 0. The lowest BCUT2D eigenvalue weighted by Crippen LogP contribution is -2.27. The van der Waals surface area contributed by atoms with Crippen LogP contribution in [0.25, 0.3) is 0 Å². The van der Waals surface area contributed by atoms with Crippen molar-refractivity contribution in [2.45, 2.75) is 46.7 Å². The largest absolute Gasteiger partial charge is 0.236 e. The third-order valence-electron chi connectivity index (χ3n) is 1.49. The Bertz CT molecular complexity index is 91.1. The van der Waals surface area contributed by atoms with Gasteiger partial charge in [0.2, 0.25) is 0 Å². The summed E-state index contributed by atoms with van der Waals surface area (Å²) in [4.78, 5) is 0. The summed E-state index contributed by atoms with van der Waals surface area (Å²) in [5, 5.41) is 0. The lowest BCUT2D eigenvalue weighted by molar-refractivity contribution is -0.583. The van der Waals surface area contributed by atoms with Gasteiger partial charge in [-0.2, -0.15) is 0 Å². The highest BCUT2D eigenvalue weighted by Gasteiger charge is 2.10. The van der Waals surface area contributed by atoms with Gasteiger partial charge in [-0.1, -0.05) is 0 Å². The van der Waals surface area contributed by atoms with Crippen LogP contribution in [0.5, 0.6) is 0 Å². The van der Waals surface area contributed by atoms with Gasteiger partial charge in [0.05, 0.1) is 0 Å². The summed E-state index contributed by atoms with van der Waals surface area (Å²) in [7, 11) is 0. The molecular weight excluding hydrogens is 110 g/mol. The van der Waals surface area contributed by atoms with Crippen LogP contribution in [-0.4, -0.2) is 22.9 Å². The van der Waals surface area contributed by atoms with Crippen molar-refractivity contribution < 1.29 is 4.58 Å². The summed E-state index contributed by atoms with van der Waals surface area (Å²) < 4.78 is 2.33. The molecule has 9 heavy (non-hydrogen) atoms. The minimum Gasteiger partial charge on any atom is -0.236 e. The maximum atomic E-state index is 2.33. The molecule has 0 saturated carbocycles. The Balaban J connectivity index is 4.01. The van der Waals surface area contributed by atoms with Crippen molar-refractivity contribution in [2.24, 2.45) is 0 Å². The van der Waals surface area contributed by atoms with E-state index in [0.29, 0.717) is 12.1 Å². The molecule has 0 aromatic rings. The topological polar surface area (TPSA) is 3.01 Å². The van der Waals surface area contributed by atoms with Crippen LogP contribution in [0, 0.1) is 0 Å². The fourth-order valence-electron chi connectivity index (χ4n) is 1.19. The van der Waals surface area contributed by atoms with E-state index < -0.39 is 0 Å². The second-order valence-electron chi connectivity index (χ2n) is 2.89. The van der Waals surface area contributed by atoms with Gasteiger partial charge in [-0.25, -0.2) is 4.58 Å². The Labute approximate surface area is 58.4 Å². The van der Waals surface area contributed by atoms with Crippen molar-refractivity contribution in [1.82, 2.24) is 0 Å². The molecule has 0 aliphatic heterocycles. The number of hydrogen-bond acceptors (Lipinski definition) is 0. The average molecular weight is 128 g/mol. The van der Waals surface area contributed by atoms with Crippen molar-refractivity contribution in [3.05, 3.63) is 0 Å². The summed E-state index contributed by atoms with van der Waals surface area (Å²) in [5.41, 5.74) is 0. The SMILES string of the molecule is CC=[N+](C(C)C)C(C)C. The maximum Gasteiger partial charge on any atom is 0.147 e. The first-order valence-corrected chi connectivity index (χ1v) is 3.66. The molecule has 1 heteroatoms. The Kier molecular flexibility index (Phi) is 3.52. The zero-order chi connectivity index (χ0) is 7.44. The minimum atomic E-state index is 0.634. The molecule has 1 nitrogen and oxygen atoms in total. The standard InChI is InChI=1S/C8H18N/c1-6-9(7(2)3)8(4)5/h6-8H,1-5H3/q+1. The van der Waals surface area contributed by atoms with Crippen LogP contribution in [-0.2, 0) is 0 Å². The molecule has 0 amide bonds. The number of rotatable bonds is 2. The Morgan fingerprint density at radius 2 is 1.33 bits per heavy atom. The smallest absolute Gasteiger partial charge is 0.147 e. The van der Waals surface area contributed by atoms with E-state index in [4.69, 9.17) is 0 Å². The van der Waals surface area contributed by atoms with E-state index in [1.54, 1.807) is 0 Å². The van der Waals surface area contributed by atoms with Crippen LogP contribution in [0.15, 0.2) is 0 Å². The average Bonchev–Trinajstić information content (AvgIpc) is 1.64. The normalized spacial score (nSPS) is 10.6. The fraction of sp³-hybridized carbons (Fsp3) is 0.875. The molecule has 0 aliphatic rings. The molecule has 0 radical (unpaired) electrons. The van der Waals surface area contributed by atoms with Crippen molar-refractivity contribution in [3.8, 4) is 0 Å². The molecule has 0 fully saturated rings. The zero-order valence-corrected chi connectivity index (χ0v) is 7.18. The van der Waals surface area contributed by atoms with Crippen molar-refractivity contribution in [2.75, 3.05) is 0 Å². The van der Waals surface area contributed by atoms with E-state index in [9.17, 15) is 0 Å². The number of hydrogen-bond donors (Lipinski definition) is 0. The van der Waals surface area contributed by atoms with Crippen LogP contribution < -0.4 is 0 Å². The van der Waals surface area contributed by atoms with E-state index in [0.717, 1.165) is 0 Å². The Morgan fingerprint density at radius 3 is 1.33 bits per heavy atom. The van der Waals surface area contributed by atoms with Crippen LogP contribution in [0.3, 0.4) is 0 Å². The van der Waals surface area contributed by atoms with Crippen LogP contribution in [0.2, 0.25) is 0 Å². The predicted molar refractivity (Wildman–Crippen MR) is 42.3 cm³/mol. The summed E-state index contributed by atoms with van der Waals surface area (Å²) in [5.74, 6) is 0. The monoisotopic (exact) mass is 128 g/mol. The molecule has 0 heterocycles. The molecule has 0 saturated heterocycles. The van der Waals surface area contributed by atoms with Gasteiger partial charge in [0.15, 0.2) is 0 Å². The van der Waals surface area contributed by atoms with Crippen LogP contribution in [0.4, 0.5) is 0 Å². The fourth-order valence-corrected chi connectivity index (χ4v) is 1.19. The predicted octanol–water partition coefficient (Wildman–Crippen LogP) is 1.91. The Hall–Kier alpha value is -0.330. The van der Waals surface area contributed by atoms with Gasteiger partial charge in [0, 0.05) is 6.92 Å². The van der Waals surface area contributed by atoms with Gasteiger partial charge in [0.1, 0.15) is 18.3 Å². The second-order valence-corrected chi connectivity index (χ2v) is 2.89. The molecule has 0 N–H and O–H groups in total. The van der Waals surface area contributed by atoms with Crippen molar-refractivity contribution >= 4 is 6.21 Å². The Morgan fingerprint density at radius 1 is 1.00 bits per heavy atom. The summed E-state index contributed by atoms with van der Waals surface area (Å²) in [6.07, 6.45) is 2.15. The molecular formula is C8H18N+. The number of nitrogens with zero attached hydrogens (tertiary/aromatic N) is 1. The summed E-state index contributed by atoms with van der Waals surface area (Å²) in [6, 6.07) is 1.27. The molecule has 0 aromatic carbocycles. The van der Waals surface area contributed by atoms with Crippen molar-refractivity contribution in [1.29, 1.82) is 0 Å². The molecule has 0 spiro atoms. The molecule has 0 rings (SSSR count). The second kappa shape index (κ2) is 3.65. The van der Waals surface area contributed by atoms with E-state index >= 15 is 0 Å². The first-order valence-electron chi connectivity index (χ1n) is 3.66. The first-order chi connectivity index (χ1) is 4.09. The van der Waals surface area contributed by atoms with Gasteiger partial charge in [-0.15, -0.1) is 0 Å². The molecule has 0 aromatic heterocycles. The quantitative estimate of drug-likeness (QED) is 0.395. The molecule has 0 bridgehead atoms. The highest BCUT2D eigenvalue weighted by molar-refractivity contribution is 5.46. The van der Waals surface area contributed by atoms with Gasteiger partial charge in [-0.3, -0.25) is 0 Å². The van der Waals surface area contributed by atoms with Gasteiger partial charge in [0.25, 0.3) is 0 Å². The van der Waals surface area contributed by atoms with Gasteiger partial charge < -0.3 is 0 Å². The van der Waals surface area contributed by atoms with Gasteiger partial charge >= 0.3 is 0 Å². The summed E-state index contributed by atoms with van der Waals surface area (Å²) in [6.45, 7) is 10.9. The van der Waals surface area contributed by atoms with Crippen LogP contribution >= 0.6 is 0 Å². The van der Waals surface area contributed by atoms with E-state index in [-0.39, 0.29) is 0 Å². The van der Waals surface area contributed by atoms with Gasteiger partial charge in [-0.05, 0) is 27.7 Å². The molecule has 0 unspecified atom stereocenters. The lowest BCUT2D eigenvalue weighted by Gasteiger charge is -2.09. The molecule has 0 atom stereocenters. The highest BCUT2D eigenvalue weighted by atomic mass is 15.0. The third-order valence-corrected chi connectivity index (χ3v) is 1.49. The molecule has 54 valence electrons. The molecule has 0 aliphatic carbocycles. The van der Waals surface area contributed by atoms with E-state index in [1.807, 2.05) is 0 Å². The maximum absolute atomic E-state index is 2.33. The van der Waals surface area contributed by atoms with Crippen molar-refractivity contribution in [3.63, 3.8) is 0 Å².